The molecule has 136 valence electrons. The largest absolute Gasteiger partial charge is 0.433 e. The van der Waals surface area contributed by atoms with Crippen LogP contribution in [0.25, 0.3) is 17.0 Å². The fourth-order valence-electron chi connectivity index (χ4n) is 2.61. The van der Waals surface area contributed by atoms with Crippen LogP contribution in [-0.2, 0) is 6.18 Å². The van der Waals surface area contributed by atoms with Crippen molar-refractivity contribution in [2.75, 3.05) is 5.32 Å². The molecule has 4 heterocycles. The molecule has 0 atom stereocenters. The summed E-state index contributed by atoms with van der Waals surface area (Å²) in [6, 6.07) is 10.8. The number of pyridine rings is 2. The lowest BCUT2D eigenvalue weighted by atomic mass is 10.3. The van der Waals surface area contributed by atoms with E-state index in [-0.39, 0.29) is 11.5 Å². The summed E-state index contributed by atoms with van der Waals surface area (Å²) in [4.78, 5) is 12.2. The van der Waals surface area contributed by atoms with Gasteiger partial charge in [-0.05, 0) is 43.3 Å². The molecule has 0 unspecified atom stereocenters. The van der Waals surface area contributed by atoms with Gasteiger partial charge in [0.2, 0.25) is 5.82 Å². The molecule has 4 aromatic rings. The molecule has 0 aliphatic rings. The molecule has 27 heavy (non-hydrogen) atoms. The van der Waals surface area contributed by atoms with Gasteiger partial charge in [-0.2, -0.15) is 13.2 Å². The lowest BCUT2D eigenvalue weighted by molar-refractivity contribution is -0.141. The molecule has 0 bridgehead atoms. The van der Waals surface area contributed by atoms with E-state index < -0.39 is 11.9 Å². The van der Waals surface area contributed by atoms with Crippen molar-refractivity contribution >= 4 is 17.0 Å². The summed E-state index contributed by atoms with van der Waals surface area (Å²) in [6.07, 6.45) is -1.19. The summed E-state index contributed by atoms with van der Waals surface area (Å²) < 4.78 is 40.4. The molecule has 0 spiro atoms. The van der Waals surface area contributed by atoms with E-state index in [0.717, 1.165) is 17.4 Å². The summed E-state index contributed by atoms with van der Waals surface area (Å²) in [5.41, 5.74) is 1.30. The van der Waals surface area contributed by atoms with Crippen LogP contribution < -0.4 is 5.32 Å². The molecule has 0 radical (unpaired) electrons. The number of nitrogens with one attached hydrogen (secondary N) is 1. The smallest absolute Gasteiger partial charge is 0.338 e. The number of hydrogen-bond donors (Lipinski definition) is 1. The van der Waals surface area contributed by atoms with Crippen LogP contribution in [0, 0.1) is 6.92 Å². The van der Waals surface area contributed by atoms with Gasteiger partial charge in [0, 0.05) is 23.8 Å². The maximum absolute atomic E-state index is 13.0. The van der Waals surface area contributed by atoms with Crippen molar-refractivity contribution in [3.63, 3.8) is 0 Å². The molecule has 0 fully saturated rings. The van der Waals surface area contributed by atoms with Crippen LogP contribution >= 0.6 is 0 Å². The number of fused-ring (bicyclic) bond motifs is 1. The van der Waals surface area contributed by atoms with Gasteiger partial charge in [0.05, 0.1) is 0 Å². The van der Waals surface area contributed by atoms with Crippen molar-refractivity contribution in [2.45, 2.75) is 13.1 Å². The first-order valence-corrected chi connectivity index (χ1v) is 8.00. The Bertz CT molecular complexity index is 1120. The molecule has 1 N–H and O–H groups in total. The first kappa shape index (κ1) is 17.0. The molecule has 4 aromatic heterocycles. The van der Waals surface area contributed by atoms with Crippen LogP contribution in [0.2, 0.25) is 0 Å². The van der Waals surface area contributed by atoms with Crippen LogP contribution in [0.15, 0.2) is 54.9 Å². The van der Waals surface area contributed by atoms with Crippen LogP contribution in [-0.4, -0.2) is 24.6 Å². The first-order chi connectivity index (χ1) is 12.9. The van der Waals surface area contributed by atoms with E-state index in [1.807, 2.05) is 13.0 Å². The maximum atomic E-state index is 13.0. The highest BCUT2D eigenvalue weighted by atomic mass is 19.4. The van der Waals surface area contributed by atoms with Crippen molar-refractivity contribution < 1.29 is 13.2 Å². The van der Waals surface area contributed by atoms with Crippen molar-refractivity contribution in [2.24, 2.45) is 0 Å². The van der Waals surface area contributed by atoms with E-state index in [2.05, 4.69) is 25.4 Å². The Hall–Kier alpha value is -3.49. The Kier molecular flexibility index (Phi) is 3.98. The molecule has 0 aliphatic heterocycles. The van der Waals surface area contributed by atoms with Crippen molar-refractivity contribution in [3.05, 3.63) is 66.2 Å². The Morgan fingerprint density at radius 2 is 1.89 bits per heavy atom. The van der Waals surface area contributed by atoms with E-state index in [4.69, 9.17) is 0 Å². The minimum absolute atomic E-state index is 0.0365. The average molecular weight is 370 g/mol. The van der Waals surface area contributed by atoms with Gasteiger partial charge in [-0.1, -0.05) is 6.07 Å². The molecular weight excluding hydrogens is 357 g/mol. The SMILES string of the molecule is Cc1cc(Nc2nc(-c3cccc(C(F)(F)F)n3)nn3cccc23)ccn1. The molecule has 0 saturated carbocycles. The minimum atomic E-state index is -4.54. The topological polar surface area (TPSA) is 68.0 Å². The van der Waals surface area contributed by atoms with E-state index in [1.165, 1.54) is 12.1 Å². The zero-order valence-electron chi connectivity index (χ0n) is 14.1. The van der Waals surface area contributed by atoms with Gasteiger partial charge < -0.3 is 5.32 Å². The highest BCUT2D eigenvalue weighted by Gasteiger charge is 2.32. The lowest BCUT2D eigenvalue weighted by Gasteiger charge is -2.11. The van der Waals surface area contributed by atoms with Gasteiger partial charge in [-0.3, -0.25) is 4.98 Å². The van der Waals surface area contributed by atoms with Crippen LogP contribution in [0.4, 0.5) is 24.7 Å². The van der Waals surface area contributed by atoms with Gasteiger partial charge in [-0.25, -0.2) is 14.5 Å². The zero-order valence-corrected chi connectivity index (χ0v) is 14.1. The number of anilines is 2. The Labute approximate surface area is 151 Å². The predicted molar refractivity (Wildman–Crippen MR) is 93.5 cm³/mol. The maximum Gasteiger partial charge on any atom is 0.433 e. The highest BCUT2D eigenvalue weighted by Crippen LogP contribution is 2.29. The van der Waals surface area contributed by atoms with Crippen molar-refractivity contribution in [3.8, 4) is 11.5 Å². The fourth-order valence-corrected chi connectivity index (χ4v) is 2.61. The summed E-state index contributed by atoms with van der Waals surface area (Å²) in [6.45, 7) is 1.86. The Morgan fingerprint density at radius 3 is 2.67 bits per heavy atom. The second-order valence-electron chi connectivity index (χ2n) is 5.84. The highest BCUT2D eigenvalue weighted by molar-refractivity contribution is 5.74. The average Bonchev–Trinajstić information content (AvgIpc) is 3.10. The standard InChI is InChI=1S/C18H13F3N6/c1-11-10-12(7-8-22-11)23-17-14-5-3-9-27(14)26-16(25-17)13-4-2-6-15(24-13)18(19,20)21/h2-10H,1H3,(H,22,23,25,26). The van der Waals surface area contributed by atoms with Crippen LogP contribution in [0.1, 0.15) is 11.4 Å². The van der Waals surface area contributed by atoms with Crippen molar-refractivity contribution in [1.82, 2.24) is 24.6 Å². The van der Waals surface area contributed by atoms with Crippen molar-refractivity contribution in [1.29, 1.82) is 0 Å². The third-order valence-corrected chi connectivity index (χ3v) is 3.82. The normalized spacial score (nSPS) is 11.7. The number of hydrogen-bond acceptors (Lipinski definition) is 5. The van der Waals surface area contributed by atoms with E-state index in [9.17, 15) is 13.2 Å². The third-order valence-electron chi connectivity index (χ3n) is 3.82. The second kappa shape index (κ2) is 6.35. The molecule has 0 aliphatic carbocycles. The monoisotopic (exact) mass is 370 g/mol. The molecule has 9 heteroatoms. The number of halogens is 3. The molecule has 0 aromatic carbocycles. The first-order valence-electron chi connectivity index (χ1n) is 8.00. The number of aryl methyl sites for hydroxylation is 1. The number of aromatic nitrogens is 5. The Balaban J connectivity index is 1.81. The summed E-state index contributed by atoms with van der Waals surface area (Å²) >= 11 is 0. The quantitative estimate of drug-likeness (QED) is 0.584. The van der Waals surface area contributed by atoms with Crippen LogP contribution in [0.5, 0.6) is 0 Å². The van der Waals surface area contributed by atoms with Gasteiger partial charge in [-0.15, -0.1) is 5.10 Å². The lowest BCUT2D eigenvalue weighted by Crippen LogP contribution is -2.09. The zero-order chi connectivity index (χ0) is 19.0. The molecule has 0 saturated heterocycles. The molecular formula is C18H13F3N6. The fraction of sp³-hybridized carbons (Fsp3) is 0.111. The van der Waals surface area contributed by atoms with Gasteiger partial charge in [0.25, 0.3) is 0 Å². The number of nitrogens with zero attached hydrogens (tertiary/aromatic N) is 5. The minimum Gasteiger partial charge on any atom is -0.338 e. The summed E-state index contributed by atoms with van der Waals surface area (Å²) in [5.74, 6) is 0.535. The third kappa shape index (κ3) is 3.43. The molecule has 6 nitrogen and oxygen atoms in total. The van der Waals surface area contributed by atoms with Gasteiger partial charge >= 0.3 is 6.18 Å². The van der Waals surface area contributed by atoms with E-state index in [0.29, 0.717) is 11.3 Å². The predicted octanol–water partition coefficient (Wildman–Crippen LogP) is 4.26. The Morgan fingerprint density at radius 1 is 1.04 bits per heavy atom. The van der Waals surface area contributed by atoms with Gasteiger partial charge in [0.1, 0.15) is 16.9 Å². The molecule has 4 rings (SSSR count). The molecule has 0 amide bonds. The van der Waals surface area contributed by atoms with Gasteiger partial charge in [0.15, 0.2) is 5.82 Å². The second-order valence-corrected chi connectivity index (χ2v) is 5.84. The van der Waals surface area contributed by atoms with E-state index >= 15 is 0 Å². The number of rotatable bonds is 3. The summed E-state index contributed by atoms with van der Waals surface area (Å²) in [5, 5.41) is 7.44. The van der Waals surface area contributed by atoms with Crippen LogP contribution in [0.3, 0.4) is 0 Å². The summed E-state index contributed by atoms with van der Waals surface area (Å²) in [7, 11) is 0. The van der Waals surface area contributed by atoms with E-state index in [1.54, 1.807) is 35.1 Å². The number of alkyl halides is 3.